The van der Waals surface area contributed by atoms with Gasteiger partial charge in [0.25, 0.3) is 0 Å². The predicted molar refractivity (Wildman–Crippen MR) is 113 cm³/mol. The van der Waals surface area contributed by atoms with Crippen LogP contribution in [0.5, 0.6) is 5.75 Å². The average Bonchev–Trinajstić information content (AvgIpc) is 3.60. The van der Waals surface area contributed by atoms with E-state index in [-0.39, 0.29) is 5.75 Å². The summed E-state index contributed by atoms with van der Waals surface area (Å²) in [5.41, 5.74) is 4.34. The van der Waals surface area contributed by atoms with Crippen molar-refractivity contribution in [3.63, 3.8) is 0 Å². The fourth-order valence-electron chi connectivity index (χ4n) is 4.86. The molecule has 1 aliphatic heterocycles. The zero-order valence-corrected chi connectivity index (χ0v) is 16.7. The van der Waals surface area contributed by atoms with E-state index in [9.17, 15) is 5.11 Å². The molecule has 29 heavy (non-hydrogen) atoms. The van der Waals surface area contributed by atoms with Gasteiger partial charge in [-0.25, -0.2) is 4.85 Å². The SMILES string of the molecule is [C-]#[N+]c1ccc(-c2nnc(N[C@@H]3CCCN(C4CC4)C3)c3c2CCCC3)c(O)c1. The Labute approximate surface area is 171 Å². The van der Waals surface area contributed by atoms with Crippen LogP contribution in [0, 0.1) is 6.57 Å². The van der Waals surface area contributed by atoms with Gasteiger partial charge >= 0.3 is 0 Å². The average molecular weight is 390 g/mol. The maximum atomic E-state index is 10.5. The summed E-state index contributed by atoms with van der Waals surface area (Å²) < 4.78 is 0. The second-order valence-corrected chi connectivity index (χ2v) is 8.58. The predicted octanol–water partition coefficient (Wildman–Crippen LogP) is 4.32. The van der Waals surface area contributed by atoms with Crippen LogP contribution in [0.25, 0.3) is 16.1 Å². The third-order valence-electron chi connectivity index (χ3n) is 6.51. The van der Waals surface area contributed by atoms with Crippen molar-refractivity contribution in [3.8, 4) is 17.0 Å². The lowest BCUT2D eigenvalue weighted by Gasteiger charge is -2.34. The van der Waals surface area contributed by atoms with Crippen LogP contribution in [0.1, 0.15) is 49.7 Å². The minimum absolute atomic E-state index is 0.105. The molecule has 5 rings (SSSR count). The molecule has 0 radical (unpaired) electrons. The molecular weight excluding hydrogens is 362 g/mol. The second-order valence-electron chi connectivity index (χ2n) is 8.58. The van der Waals surface area contributed by atoms with Crippen LogP contribution < -0.4 is 5.32 Å². The molecule has 3 aliphatic rings. The second kappa shape index (κ2) is 7.64. The van der Waals surface area contributed by atoms with Gasteiger partial charge in [0, 0.05) is 29.8 Å². The maximum absolute atomic E-state index is 10.5. The quantitative estimate of drug-likeness (QED) is 0.763. The molecule has 2 aliphatic carbocycles. The number of aromatic hydroxyl groups is 1. The van der Waals surface area contributed by atoms with Gasteiger partial charge in [0.05, 0.1) is 6.57 Å². The fourth-order valence-corrected chi connectivity index (χ4v) is 4.86. The largest absolute Gasteiger partial charge is 0.509 e. The lowest BCUT2D eigenvalue weighted by Crippen LogP contribution is -2.43. The van der Waals surface area contributed by atoms with E-state index in [2.05, 4.69) is 25.3 Å². The van der Waals surface area contributed by atoms with Crippen LogP contribution in [0.3, 0.4) is 0 Å². The highest BCUT2D eigenvalue weighted by Gasteiger charge is 2.33. The molecule has 6 nitrogen and oxygen atoms in total. The summed E-state index contributed by atoms with van der Waals surface area (Å²) >= 11 is 0. The number of benzene rings is 1. The molecule has 6 heteroatoms. The van der Waals surface area contributed by atoms with E-state index in [1.807, 2.05) is 0 Å². The fraction of sp³-hybridized carbons (Fsp3) is 0.522. The molecule has 0 spiro atoms. The van der Waals surface area contributed by atoms with Gasteiger partial charge in [0.15, 0.2) is 11.5 Å². The highest BCUT2D eigenvalue weighted by atomic mass is 16.3. The molecule has 0 bridgehead atoms. The van der Waals surface area contributed by atoms with Crippen molar-refractivity contribution in [1.82, 2.24) is 15.1 Å². The summed E-state index contributed by atoms with van der Waals surface area (Å²) in [7, 11) is 0. The van der Waals surface area contributed by atoms with Crippen molar-refractivity contribution < 1.29 is 5.11 Å². The van der Waals surface area contributed by atoms with E-state index >= 15 is 0 Å². The third kappa shape index (κ3) is 3.67. The van der Waals surface area contributed by atoms with E-state index in [0.29, 0.717) is 17.3 Å². The minimum atomic E-state index is 0.105. The first kappa shape index (κ1) is 18.4. The Morgan fingerprint density at radius 2 is 1.90 bits per heavy atom. The number of anilines is 1. The number of nitrogens with zero attached hydrogens (tertiary/aromatic N) is 4. The Morgan fingerprint density at radius 3 is 2.66 bits per heavy atom. The molecule has 0 amide bonds. The zero-order valence-electron chi connectivity index (χ0n) is 16.7. The van der Waals surface area contributed by atoms with Crippen molar-refractivity contribution in [3.05, 3.63) is 40.7 Å². The number of piperidine rings is 1. The smallest absolute Gasteiger partial charge is 0.190 e. The van der Waals surface area contributed by atoms with Gasteiger partial charge in [-0.1, -0.05) is 12.1 Å². The molecule has 1 saturated heterocycles. The maximum Gasteiger partial charge on any atom is 0.190 e. The van der Waals surface area contributed by atoms with Gasteiger partial charge in [-0.3, -0.25) is 4.90 Å². The minimum Gasteiger partial charge on any atom is -0.509 e. The lowest BCUT2D eigenvalue weighted by molar-refractivity contribution is 0.207. The third-order valence-corrected chi connectivity index (χ3v) is 6.51. The van der Waals surface area contributed by atoms with Crippen LogP contribution in [0.2, 0.25) is 0 Å². The summed E-state index contributed by atoms with van der Waals surface area (Å²) in [6.45, 7) is 9.46. The van der Waals surface area contributed by atoms with E-state index < -0.39 is 0 Å². The molecular formula is C23H27N5O. The van der Waals surface area contributed by atoms with Crippen molar-refractivity contribution in [2.75, 3.05) is 18.4 Å². The number of phenolic OH excluding ortho intramolecular Hbond substituents is 1. The van der Waals surface area contributed by atoms with Gasteiger partial charge in [-0.05, 0) is 69.5 Å². The molecule has 1 saturated carbocycles. The summed E-state index contributed by atoms with van der Waals surface area (Å²) in [6, 6.07) is 6.29. The summed E-state index contributed by atoms with van der Waals surface area (Å²) in [5.74, 6) is 1.04. The molecule has 2 aromatic rings. The van der Waals surface area contributed by atoms with Gasteiger partial charge in [-0.15, -0.1) is 10.2 Å². The number of phenols is 1. The van der Waals surface area contributed by atoms with Crippen molar-refractivity contribution in [2.45, 2.75) is 63.5 Å². The Balaban J connectivity index is 1.45. The van der Waals surface area contributed by atoms with E-state index in [0.717, 1.165) is 49.8 Å². The number of aromatic nitrogens is 2. The molecule has 1 aromatic carbocycles. The number of hydrogen-bond acceptors (Lipinski definition) is 5. The molecule has 2 fully saturated rings. The number of fused-ring (bicyclic) bond motifs is 1. The molecule has 1 atom stereocenters. The Hall–Kier alpha value is -2.65. The van der Waals surface area contributed by atoms with Crippen LogP contribution in [-0.4, -0.2) is 45.4 Å². The summed E-state index contributed by atoms with van der Waals surface area (Å²) in [6.07, 6.45) is 9.37. The number of nitrogens with one attached hydrogen (secondary N) is 1. The Kier molecular flexibility index (Phi) is 4.84. The number of likely N-dealkylation sites (tertiary alicyclic amines) is 1. The van der Waals surface area contributed by atoms with Gasteiger partial charge < -0.3 is 10.4 Å². The monoisotopic (exact) mass is 389 g/mol. The first-order valence-corrected chi connectivity index (χ1v) is 10.8. The molecule has 150 valence electrons. The summed E-state index contributed by atoms with van der Waals surface area (Å²) in [4.78, 5) is 6.03. The van der Waals surface area contributed by atoms with Gasteiger partial charge in [0.1, 0.15) is 11.4 Å². The van der Waals surface area contributed by atoms with E-state index in [4.69, 9.17) is 6.57 Å². The molecule has 0 unspecified atom stereocenters. The normalized spacial score (nSPS) is 22.0. The number of rotatable bonds is 4. The van der Waals surface area contributed by atoms with Gasteiger partial charge in [-0.2, -0.15) is 0 Å². The Morgan fingerprint density at radius 1 is 1.07 bits per heavy atom. The van der Waals surface area contributed by atoms with Crippen molar-refractivity contribution >= 4 is 11.5 Å². The Bertz CT molecular complexity index is 962. The highest BCUT2D eigenvalue weighted by molar-refractivity contribution is 5.75. The summed E-state index contributed by atoms with van der Waals surface area (Å²) in [5, 5.41) is 23.3. The van der Waals surface area contributed by atoms with Crippen LogP contribution in [0.4, 0.5) is 11.5 Å². The first-order valence-electron chi connectivity index (χ1n) is 10.8. The standard InChI is InChI=1S/C23H27N5O/c1-24-15-8-11-20(21(29)13-15)22-18-6-2-3-7-19(18)23(27-26-22)25-16-5-4-12-28(14-16)17-9-10-17/h8,11,13,16-17,29H,2-7,9-10,12,14H2,(H,25,27)/t16-/m1/s1. The van der Waals surface area contributed by atoms with Crippen LogP contribution >= 0.6 is 0 Å². The zero-order chi connectivity index (χ0) is 19.8. The van der Waals surface area contributed by atoms with E-state index in [1.54, 1.807) is 12.1 Å². The van der Waals surface area contributed by atoms with Crippen molar-refractivity contribution in [2.24, 2.45) is 0 Å². The molecule has 2 N–H and O–H groups in total. The van der Waals surface area contributed by atoms with Crippen LogP contribution in [-0.2, 0) is 12.8 Å². The van der Waals surface area contributed by atoms with Crippen LogP contribution in [0.15, 0.2) is 18.2 Å². The first-order chi connectivity index (χ1) is 14.2. The van der Waals surface area contributed by atoms with Crippen molar-refractivity contribution in [1.29, 1.82) is 0 Å². The topological polar surface area (TPSA) is 65.6 Å². The molecule has 1 aromatic heterocycles. The van der Waals surface area contributed by atoms with Gasteiger partial charge in [0.2, 0.25) is 0 Å². The molecule has 2 heterocycles. The highest BCUT2D eigenvalue weighted by Crippen LogP contribution is 2.38. The number of hydrogen-bond donors (Lipinski definition) is 2. The van der Waals surface area contributed by atoms with E-state index in [1.165, 1.54) is 49.4 Å². The lowest BCUT2D eigenvalue weighted by atomic mass is 9.88.